The first-order chi connectivity index (χ1) is 11.6. The second-order valence-electron chi connectivity index (χ2n) is 5.75. The highest BCUT2D eigenvalue weighted by molar-refractivity contribution is 7.91. The number of aromatic nitrogens is 3. The van der Waals surface area contributed by atoms with Crippen molar-refractivity contribution < 1.29 is 8.42 Å². The first-order valence-electron chi connectivity index (χ1n) is 7.73. The third-order valence-electron chi connectivity index (χ3n) is 4.07. The molecule has 1 aliphatic heterocycles. The van der Waals surface area contributed by atoms with E-state index < -0.39 is 9.84 Å². The van der Waals surface area contributed by atoms with Crippen LogP contribution in [-0.4, -0.2) is 47.6 Å². The third kappa shape index (κ3) is 3.05. The Bertz CT molecular complexity index is 919. The van der Waals surface area contributed by atoms with Crippen molar-refractivity contribution in [2.45, 2.75) is 0 Å². The van der Waals surface area contributed by atoms with Crippen molar-refractivity contribution in [3.05, 3.63) is 48.7 Å². The summed E-state index contributed by atoms with van der Waals surface area (Å²) in [4.78, 5) is 6.49. The molecule has 1 fully saturated rings. The molecule has 0 radical (unpaired) electrons. The quantitative estimate of drug-likeness (QED) is 0.780. The number of rotatable bonds is 3. The van der Waals surface area contributed by atoms with Gasteiger partial charge in [0.05, 0.1) is 11.5 Å². The van der Waals surface area contributed by atoms with Crippen molar-refractivity contribution in [2.75, 3.05) is 34.8 Å². The second-order valence-corrected chi connectivity index (χ2v) is 8.05. The van der Waals surface area contributed by atoms with Crippen LogP contribution in [0, 0.1) is 0 Å². The number of hydrogen-bond acceptors (Lipinski definition) is 6. The monoisotopic (exact) mass is 343 g/mol. The van der Waals surface area contributed by atoms with Crippen LogP contribution in [0.3, 0.4) is 0 Å². The van der Waals surface area contributed by atoms with Gasteiger partial charge in [-0.15, -0.1) is 5.10 Å². The van der Waals surface area contributed by atoms with E-state index in [9.17, 15) is 8.42 Å². The lowest BCUT2D eigenvalue weighted by Gasteiger charge is -2.28. The van der Waals surface area contributed by atoms with E-state index in [2.05, 4.69) is 20.3 Å². The minimum Gasteiger partial charge on any atom is -0.369 e. The van der Waals surface area contributed by atoms with E-state index in [1.165, 1.54) is 0 Å². The summed E-state index contributed by atoms with van der Waals surface area (Å²) in [5.41, 5.74) is 2.70. The maximum Gasteiger partial charge on any atom is 0.247 e. The average molecular weight is 343 g/mol. The number of nitrogens with one attached hydrogen (secondary N) is 1. The molecule has 2 aromatic heterocycles. The van der Waals surface area contributed by atoms with Crippen LogP contribution in [0.4, 0.5) is 17.3 Å². The molecule has 1 N–H and O–H groups in total. The minimum absolute atomic E-state index is 0.220. The molecular weight excluding hydrogens is 326 g/mol. The highest BCUT2D eigenvalue weighted by atomic mass is 32.2. The Morgan fingerprint density at radius 2 is 1.75 bits per heavy atom. The van der Waals surface area contributed by atoms with Crippen LogP contribution < -0.4 is 10.2 Å². The number of fused-ring (bicyclic) bond motifs is 1. The van der Waals surface area contributed by atoms with Gasteiger partial charge in [-0.2, -0.15) is 4.98 Å². The molecule has 0 spiro atoms. The van der Waals surface area contributed by atoms with Gasteiger partial charge in [-0.25, -0.2) is 12.9 Å². The van der Waals surface area contributed by atoms with Crippen molar-refractivity contribution in [1.82, 2.24) is 14.6 Å². The molecule has 124 valence electrons. The van der Waals surface area contributed by atoms with Crippen LogP contribution in [0.25, 0.3) is 5.65 Å². The SMILES string of the molecule is O=S1(=O)CCN(c2ccc(Nc3nc4ccccn4n3)cc2)CC1. The average Bonchev–Trinajstić information content (AvgIpc) is 2.98. The molecule has 0 bridgehead atoms. The van der Waals surface area contributed by atoms with E-state index in [1.807, 2.05) is 48.7 Å². The maximum absolute atomic E-state index is 11.5. The van der Waals surface area contributed by atoms with Gasteiger partial charge in [0.15, 0.2) is 15.5 Å². The molecule has 1 saturated heterocycles. The summed E-state index contributed by atoms with van der Waals surface area (Å²) in [5.74, 6) is 0.981. The van der Waals surface area contributed by atoms with Crippen LogP contribution >= 0.6 is 0 Å². The molecular formula is C16H17N5O2S. The number of anilines is 3. The molecule has 3 heterocycles. The molecule has 0 atom stereocenters. The van der Waals surface area contributed by atoms with E-state index >= 15 is 0 Å². The highest BCUT2D eigenvalue weighted by Crippen LogP contribution is 2.21. The first kappa shape index (κ1) is 14.9. The summed E-state index contributed by atoms with van der Waals surface area (Å²) in [6, 6.07) is 13.6. The van der Waals surface area contributed by atoms with E-state index in [0.717, 1.165) is 17.0 Å². The predicted octanol–water partition coefficient (Wildman–Crippen LogP) is 1.71. The summed E-state index contributed by atoms with van der Waals surface area (Å²) < 4.78 is 24.7. The number of sulfone groups is 1. The second kappa shape index (κ2) is 5.79. The van der Waals surface area contributed by atoms with Crippen LogP contribution in [0.15, 0.2) is 48.7 Å². The molecule has 0 amide bonds. The molecule has 4 rings (SSSR count). The minimum atomic E-state index is -2.86. The summed E-state index contributed by atoms with van der Waals surface area (Å²) in [5, 5.41) is 7.53. The van der Waals surface area contributed by atoms with E-state index in [0.29, 0.717) is 19.0 Å². The topological polar surface area (TPSA) is 79.6 Å². The molecule has 0 aliphatic carbocycles. The Hall–Kier alpha value is -2.61. The Labute approximate surface area is 139 Å². The first-order valence-corrected chi connectivity index (χ1v) is 9.55. The normalized spacial score (nSPS) is 17.1. The zero-order valence-electron chi connectivity index (χ0n) is 13.0. The van der Waals surface area contributed by atoms with Crippen LogP contribution in [0.2, 0.25) is 0 Å². The van der Waals surface area contributed by atoms with Crippen LogP contribution in [-0.2, 0) is 9.84 Å². The van der Waals surface area contributed by atoms with Gasteiger partial charge >= 0.3 is 0 Å². The van der Waals surface area contributed by atoms with Gasteiger partial charge < -0.3 is 10.2 Å². The molecule has 24 heavy (non-hydrogen) atoms. The predicted molar refractivity (Wildman–Crippen MR) is 93.6 cm³/mol. The fourth-order valence-electron chi connectivity index (χ4n) is 2.74. The van der Waals surface area contributed by atoms with Gasteiger partial charge in [0.2, 0.25) is 5.95 Å². The molecule has 1 aromatic carbocycles. The maximum atomic E-state index is 11.5. The van der Waals surface area contributed by atoms with Gasteiger partial charge in [0.25, 0.3) is 0 Å². The lowest BCUT2D eigenvalue weighted by atomic mass is 10.2. The molecule has 0 saturated carbocycles. The van der Waals surface area contributed by atoms with Crippen molar-refractivity contribution >= 4 is 32.8 Å². The van der Waals surface area contributed by atoms with Gasteiger partial charge in [-0.05, 0) is 36.4 Å². The molecule has 8 heteroatoms. The number of nitrogens with zero attached hydrogens (tertiary/aromatic N) is 4. The highest BCUT2D eigenvalue weighted by Gasteiger charge is 2.21. The summed E-state index contributed by atoms with van der Waals surface area (Å²) in [6.45, 7) is 1.09. The lowest BCUT2D eigenvalue weighted by molar-refractivity contribution is 0.587. The van der Waals surface area contributed by atoms with Gasteiger partial charge in [0, 0.05) is 30.7 Å². The van der Waals surface area contributed by atoms with Gasteiger partial charge in [0.1, 0.15) is 0 Å². The number of hydrogen-bond donors (Lipinski definition) is 1. The molecule has 3 aromatic rings. The van der Waals surface area contributed by atoms with Crippen LogP contribution in [0.1, 0.15) is 0 Å². The Morgan fingerprint density at radius 1 is 1.00 bits per heavy atom. The standard InChI is InChI=1S/C16H17N5O2S/c22-24(23)11-9-20(10-12-24)14-6-4-13(5-7-14)17-16-18-15-3-1-2-8-21(15)19-16/h1-8H,9-12H2,(H,17,19). The lowest BCUT2D eigenvalue weighted by Crippen LogP contribution is -2.40. The van der Waals surface area contributed by atoms with Gasteiger partial charge in [-0.1, -0.05) is 6.07 Å². The molecule has 1 aliphatic rings. The molecule has 7 nitrogen and oxygen atoms in total. The van der Waals surface area contributed by atoms with Crippen LogP contribution in [0.5, 0.6) is 0 Å². The Balaban J connectivity index is 1.47. The zero-order valence-corrected chi connectivity index (χ0v) is 13.8. The smallest absolute Gasteiger partial charge is 0.247 e. The van der Waals surface area contributed by atoms with Crippen molar-refractivity contribution in [2.24, 2.45) is 0 Å². The molecule has 0 unspecified atom stereocenters. The van der Waals surface area contributed by atoms with E-state index in [-0.39, 0.29) is 11.5 Å². The van der Waals surface area contributed by atoms with E-state index in [1.54, 1.807) is 4.52 Å². The van der Waals surface area contributed by atoms with Crippen molar-refractivity contribution in [3.8, 4) is 0 Å². The van der Waals surface area contributed by atoms with Crippen molar-refractivity contribution in [3.63, 3.8) is 0 Å². The van der Waals surface area contributed by atoms with Crippen molar-refractivity contribution in [1.29, 1.82) is 0 Å². The van der Waals surface area contributed by atoms with Gasteiger partial charge in [-0.3, -0.25) is 0 Å². The zero-order chi connectivity index (χ0) is 16.6. The summed E-state index contributed by atoms with van der Waals surface area (Å²) in [6.07, 6.45) is 1.85. The number of pyridine rings is 1. The fraction of sp³-hybridized carbons (Fsp3) is 0.250. The summed E-state index contributed by atoms with van der Waals surface area (Å²) in [7, 11) is -2.86. The fourth-order valence-corrected chi connectivity index (χ4v) is 3.94. The Kier molecular flexibility index (Phi) is 3.61. The Morgan fingerprint density at radius 3 is 2.46 bits per heavy atom. The largest absolute Gasteiger partial charge is 0.369 e. The van der Waals surface area contributed by atoms with E-state index in [4.69, 9.17) is 0 Å². The third-order valence-corrected chi connectivity index (χ3v) is 5.68. The number of benzene rings is 1. The summed E-state index contributed by atoms with van der Waals surface area (Å²) >= 11 is 0.